The number of imide groups is 1. The Bertz CT molecular complexity index is 526. The van der Waals surface area contributed by atoms with Crippen molar-refractivity contribution in [2.75, 3.05) is 13.2 Å². The summed E-state index contributed by atoms with van der Waals surface area (Å²) in [5.41, 5.74) is 0.430. The lowest BCUT2D eigenvalue weighted by molar-refractivity contribution is 0.0694. The second-order valence-electron chi connectivity index (χ2n) is 3.77. The minimum Gasteiger partial charge on any atom is -0.292 e. The van der Waals surface area contributed by atoms with Gasteiger partial charge in [-0.1, -0.05) is 12.1 Å². The van der Waals surface area contributed by atoms with Crippen LogP contribution in [0.3, 0.4) is 0 Å². The lowest BCUT2D eigenvalue weighted by atomic mass is 10.1. The van der Waals surface area contributed by atoms with Crippen molar-refractivity contribution in [1.82, 2.24) is 4.67 Å². The van der Waals surface area contributed by atoms with Crippen LogP contribution in [0.15, 0.2) is 24.3 Å². The first-order valence-electron chi connectivity index (χ1n) is 5.92. The van der Waals surface area contributed by atoms with Crippen molar-refractivity contribution in [2.24, 2.45) is 0 Å². The predicted molar refractivity (Wildman–Crippen MR) is 67.8 cm³/mol. The van der Waals surface area contributed by atoms with Crippen LogP contribution in [-0.4, -0.2) is 29.7 Å². The van der Waals surface area contributed by atoms with E-state index in [0.29, 0.717) is 4.67 Å². The van der Waals surface area contributed by atoms with Gasteiger partial charge in [0.1, 0.15) is 0 Å². The maximum absolute atomic E-state index is 12.5. The summed E-state index contributed by atoms with van der Waals surface area (Å²) < 4.78 is 23.2. The van der Waals surface area contributed by atoms with Crippen LogP contribution in [0.5, 0.6) is 0 Å². The number of carbonyl (C=O) groups is 2. The number of amides is 2. The van der Waals surface area contributed by atoms with Crippen molar-refractivity contribution >= 4 is 19.6 Å². The van der Waals surface area contributed by atoms with Gasteiger partial charge in [0.2, 0.25) is 0 Å². The molecule has 7 heteroatoms. The number of fused-ring (bicyclic) bond motifs is 1. The van der Waals surface area contributed by atoms with E-state index in [2.05, 4.69) is 0 Å². The van der Waals surface area contributed by atoms with Crippen LogP contribution >= 0.6 is 7.75 Å². The van der Waals surface area contributed by atoms with Crippen molar-refractivity contribution in [3.63, 3.8) is 0 Å². The number of hydrogen-bond donors (Lipinski definition) is 0. The van der Waals surface area contributed by atoms with Crippen LogP contribution in [0.4, 0.5) is 0 Å². The Morgan fingerprint density at radius 1 is 1.00 bits per heavy atom. The minimum absolute atomic E-state index is 0.0741. The molecule has 0 bridgehead atoms. The van der Waals surface area contributed by atoms with Crippen molar-refractivity contribution in [1.29, 1.82) is 0 Å². The third kappa shape index (κ3) is 2.23. The molecule has 0 N–H and O–H groups in total. The highest BCUT2D eigenvalue weighted by Crippen LogP contribution is 2.55. The standard InChI is InChI=1S/C12H14NO5P/c1-3-17-19(16,18-4-2)13-11(14)9-7-5-6-8-10(9)12(13)15/h5-8H,3-4H2,1-2H3. The second-order valence-corrected chi connectivity index (χ2v) is 5.63. The highest BCUT2D eigenvalue weighted by Gasteiger charge is 2.48. The van der Waals surface area contributed by atoms with E-state index in [0.717, 1.165) is 0 Å². The van der Waals surface area contributed by atoms with Gasteiger partial charge in [-0.2, -0.15) is 4.67 Å². The number of benzene rings is 1. The SMILES string of the molecule is CCOP(=O)(OCC)N1C(=O)c2ccccc2C1=O. The van der Waals surface area contributed by atoms with Gasteiger partial charge in [-0.05, 0) is 26.0 Å². The van der Waals surface area contributed by atoms with Crippen LogP contribution in [0.25, 0.3) is 0 Å². The van der Waals surface area contributed by atoms with Crippen molar-refractivity contribution < 1.29 is 23.2 Å². The van der Waals surface area contributed by atoms with Crippen molar-refractivity contribution in [3.8, 4) is 0 Å². The third-order valence-electron chi connectivity index (χ3n) is 2.60. The van der Waals surface area contributed by atoms with Gasteiger partial charge in [-0.3, -0.25) is 18.6 Å². The van der Waals surface area contributed by atoms with Gasteiger partial charge in [0.25, 0.3) is 11.8 Å². The minimum atomic E-state index is -3.93. The van der Waals surface area contributed by atoms with Gasteiger partial charge >= 0.3 is 7.75 Å². The van der Waals surface area contributed by atoms with Crippen LogP contribution in [0, 0.1) is 0 Å². The van der Waals surface area contributed by atoms with Crippen LogP contribution < -0.4 is 0 Å². The number of rotatable bonds is 5. The lowest BCUT2D eigenvalue weighted by Crippen LogP contribution is -2.28. The Hall–Kier alpha value is -1.49. The van der Waals surface area contributed by atoms with Crippen LogP contribution in [0.2, 0.25) is 0 Å². The fourth-order valence-electron chi connectivity index (χ4n) is 1.88. The van der Waals surface area contributed by atoms with Gasteiger partial charge in [0.05, 0.1) is 24.3 Å². The van der Waals surface area contributed by atoms with Gasteiger partial charge < -0.3 is 0 Å². The molecular weight excluding hydrogens is 269 g/mol. The molecule has 0 atom stereocenters. The summed E-state index contributed by atoms with van der Waals surface area (Å²) in [7, 11) is -3.93. The molecule has 1 aliphatic rings. The molecule has 102 valence electrons. The average Bonchev–Trinajstić information content (AvgIpc) is 2.64. The summed E-state index contributed by atoms with van der Waals surface area (Å²) in [6.07, 6.45) is 0. The maximum Gasteiger partial charge on any atom is 0.444 e. The average molecular weight is 283 g/mol. The molecular formula is C12H14NO5P. The normalized spacial score (nSPS) is 14.9. The molecule has 1 aromatic carbocycles. The molecule has 19 heavy (non-hydrogen) atoms. The smallest absolute Gasteiger partial charge is 0.292 e. The molecule has 0 fully saturated rings. The van der Waals surface area contributed by atoms with E-state index in [4.69, 9.17) is 9.05 Å². The molecule has 0 spiro atoms. The Labute approximate surface area is 110 Å². The first-order valence-corrected chi connectivity index (χ1v) is 7.42. The summed E-state index contributed by atoms with van der Waals surface area (Å²) in [6, 6.07) is 6.30. The molecule has 0 saturated heterocycles. The van der Waals surface area contributed by atoms with E-state index in [1.165, 1.54) is 12.1 Å². The molecule has 0 saturated carbocycles. The zero-order valence-electron chi connectivity index (χ0n) is 10.7. The first kappa shape index (κ1) is 13.9. The van der Waals surface area contributed by atoms with Crippen LogP contribution in [-0.2, 0) is 13.6 Å². The van der Waals surface area contributed by atoms with E-state index < -0.39 is 19.6 Å². The number of nitrogens with zero attached hydrogens (tertiary/aromatic N) is 1. The largest absolute Gasteiger partial charge is 0.444 e. The van der Waals surface area contributed by atoms with Crippen molar-refractivity contribution in [2.45, 2.75) is 13.8 Å². The van der Waals surface area contributed by atoms with E-state index in [9.17, 15) is 14.2 Å². The molecule has 1 aromatic rings. The molecule has 6 nitrogen and oxygen atoms in total. The third-order valence-corrected chi connectivity index (χ3v) is 4.62. The number of carbonyl (C=O) groups excluding carboxylic acids is 2. The van der Waals surface area contributed by atoms with Gasteiger partial charge in [-0.25, -0.2) is 4.57 Å². The fourth-order valence-corrected chi connectivity index (χ4v) is 3.50. The molecule has 0 aliphatic carbocycles. The monoisotopic (exact) mass is 283 g/mol. The van der Waals surface area contributed by atoms with Gasteiger partial charge in [0.15, 0.2) is 0 Å². The summed E-state index contributed by atoms with van der Waals surface area (Å²) >= 11 is 0. The van der Waals surface area contributed by atoms with Crippen LogP contribution in [0.1, 0.15) is 34.6 Å². The Balaban J connectivity index is 2.45. The van der Waals surface area contributed by atoms with E-state index in [1.807, 2.05) is 0 Å². The quantitative estimate of drug-likeness (QED) is 0.613. The van der Waals surface area contributed by atoms with Crippen molar-refractivity contribution in [3.05, 3.63) is 35.4 Å². The number of hydrogen-bond acceptors (Lipinski definition) is 5. The first-order chi connectivity index (χ1) is 9.05. The Morgan fingerprint density at radius 3 is 1.79 bits per heavy atom. The highest BCUT2D eigenvalue weighted by atomic mass is 31.2. The van der Waals surface area contributed by atoms with Gasteiger partial charge in [-0.15, -0.1) is 0 Å². The summed E-state index contributed by atoms with van der Waals surface area (Å²) in [5, 5.41) is 0. The molecule has 0 unspecified atom stereocenters. The van der Waals surface area contributed by atoms with E-state index in [-0.39, 0.29) is 24.3 Å². The molecule has 2 rings (SSSR count). The molecule has 1 heterocycles. The Kier molecular flexibility index (Phi) is 3.85. The summed E-state index contributed by atoms with van der Waals surface area (Å²) in [4.78, 5) is 24.4. The highest BCUT2D eigenvalue weighted by molar-refractivity contribution is 7.53. The summed E-state index contributed by atoms with van der Waals surface area (Å²) in [5.74, 6) is -1.29. The van der Waals surface area contributed by atoms with Gasteiger partial charge in [0, 0.05) is 0 Å². The molecule has 1 aliphatic heterocycles. The topological polar surface area (TPSA) is 72.9 Å². The van der Waals surface area contributed by atoms with E-state index >= 15 is 0 Å². The molecule has 0 aromatic heterocycles. The predicted octanol–water partition coefficient (Wildman–Crippen LogP) is 2.46. The summed E-state index contributed by atoms with van der Waals surface area (Å²) in [6.45, 7) is 3.38. The fraction of sp³-hybridized carbons (Fsp3) is 0.333. The zero-order valence-corrected chi connectivity index (χ0v) is 11.6. The lowest BCUT2D eigenvalue weighted by Gasteiger charge is -2.23. The Morgan fingerprint density at radius 2 is 1.42 bits per heavy atom. The van der Waals surface area contributed by atoms with E-state index in [1.54, 1.807) is 26.0 Å². The zero-order chi connectivity index (χ0) is 14.0. The second kappa shape index (κ2) is 5.25. The maximum atomic E-state index is 12.5. The molecule has 2 amide bonds. The molecule has 0 radical (unpaired) electrons.